The first-order valence-corrected chi connectivity index (χ1v) is 8.09. The third kappa shape index (κ3) is 2.93. The zero-order valence-electron chi connectivity index (χ0n) is 12.8. The Kier molecular flexibility index (Phi) is 4.16. The standard InChI is InChI=1S/C16H12F3NO4S/c1-15(23,16(17,18)19)14(22)20-9-3-2-4-11-12(9)13(21)8-5-6-24-10(8)7-25-11/h2-6,23H,7H2,1H3,(H,20,22). The van der Waals surface area contributed by atoms with Crippen molar-refractivity contribution < 1.29 is 32.3 Å². The second kappa shape index (κ2) is 5.92. The minimum atomic E-state index is -5.15. The van der Waals surface area contributed by atoms with E-state index in [0.717, 1.165) is 0 Å². The van der Waals surface area contributed by atoms with E-state index in [1.807, 2.05) is 5.32 Å². The molecule has 3 rings (SSSR count). The highest BCUT2D eigenvalue weighted by Crippen LogP contribution is 2.38. The van der Waals surface area contributed by atoms with Gasteiger partial charge >= 0.3 is 6.18 Å². The summed E-state index contributed by atoms with van der Waals surface area (Å²) >= 11 is 1.26. The Hall–Kier alpha value is -2.26. The van der Waals surface area contributed by atoms with Crippen molar-refractivity contribution in [1.82, 2.24) is 0 Å². The van der Waals surface area contributed by atoms with Crippen LogP contribution in [0.4, 0.5) is 18.9 Å². The van der Waals surface area contributed by atoms with E-state index in [0.29, 0.717) is 23.3 Å². The first-order valence-electron chi connectivity index (χ1n) is 7.10. The van der Waals surface area contributed by atoms with Gasteiger partial charge in [-0.05, 0) is 25.1 Å². The molecule has 1 amide bonds. The molecule has 0 fully saturated rings. The van der Waals surface area contributed by atoms with Crippen molar-refractivity contribution in [1.29, 1.82) is 0 Å². The van der Waals surface area contributed by atoms with Gasteiger partial charge in [-0.2, -0.15) is 13.2 Å². The second-order valence-electron chi connectivity index (χ2n) is 5.58. The maximum Gasteiger partial charge on any atom is 0.426 e. The average molecular weight is 371 g/mol. The van der Waals surface area contributed by atoms with Crippen LogP contribution in [0, 0.1) is 0 Å². The lowest BCUT2D eigenvalue weighted by Gasteiger charge is -2.25. The molecular weight excluding hydrogens is 359 g/mol. The topological polar surface area (TPSA) is 79.5 Å². The minimum absolute atomic E-state index is 0.0685. The van der Waals surface area contributed by atoms with Crippen molar-refractivity contribution in [2.24, 2.45) is 0 Å². The van der Waals surface area contributed by atoms with Crippen LogP contribution in [0.1, 0.15) is 28.6 Å². The smallest absolute Gasteiger partial charge is 0.426 e. The number of nitrogens with one attached hydrogen (secondary N) is 1. The molecule has 25 heavy (non-hydrogen) atoms. The number of aliphatic hydroxyl groups is 1. The Bertz CT molecular complexity index is 857. The predicted octanol–water partition coefficient (Wildman–Crippen LogP) is 3.37. The number of carbonyl (C=O) groups is 2. The quantitative estimate of drug-likeness (QED) is 0.846. The fourth-order valence-corrected chi connectivity index (χ4v) is 3.33. The van der Waals surface area contributed by atoms with Gasteiger partial charge in [-0.25, -0.2) is 0 Å². The van der Waals surface area contributed by atoms with E-state index in [-0.39, 0.29) is 16.8 Å². The summed E-state index contributed by atoms with van der Waals surface area (Å²) in [6.45, 7) is 0.356. The van der Waals surface area contributed by atoms with Crippen LogP contribution in [0.3, 0.4) is 0 Å². The molecule has 1 aromatic heterocycles. The molecule has 0 aliphatic carbocycles. The third-order valence-electron chi connectivity index (χ3n) is 3.84. The van der Waals surface area contributed by atoms with Crippen LogP contribution >= 0.6 is 11.8 Å². The van der Waals surface area contributed by atoms with Crippen molar-refractivity contribution in [3.63, 3.8) is 0 Å². The summed E-state index contributed by atoms with van der Waals surface area (Å²) in [4.78, 5) is 25.2. The molecule has 2 heterocycles. The number of benzene rings is 1. The van der Waals surface area contributed by atoms with Crippen LogP contribution in [-0.2, 0) is 10.5 Å². The molecule has 1 aliphatic rings. The number of furan rings is 1. The van der Waals surface area contributed by atoms with Gasteiger partial charge in [0.25, 0.3) is 5.91 Å². The highest BCUT2D eigenvalue weighted by atomic mass is 32.2. The number of thioether (sulfide) groups is 1. The molecule has 9 heteroatoms. The number of ketones is 1. The molecular formula is C16H12F3NO4S. The minimum Gasteiger partial charge on any atom is -0.468 e. The summed E-state index contributed by atoms with van der Waals surface area (Å²) in [5.74, 6) is -1.31. The normalized spacial score (nSPS) is 16.4. The van der Waals surface area contributed by atoms with Gasteiger partial charge in [0.05, 0.1) is 28.8 Å². The van der Waals surface area contributed by atoms with Crippen LogP contribution in [0.15, 0.2) is 39.8 Å². The molecule has 0 saturated heterocycles. The molecule has 5 nitrogen and oxygen atoms in total. The highest BCUT2D eigenvalue weighted by molar-refractivity contribution is 7.98. The zero-order chi connectivity index (χ0) is 18.4. The molecule has 0 spiro atoms. The van der Waals surface area contributed by atoms with E-state index >= 15 is 0 Å². The van der Waals surface area contributed by atoms with Gasteiger partial charge < -0.3 is 14.8 Å². The fourth-order valence-electron chi connectivity index (χ4n) is 2.30. The number of halogens is 3. The summed E-state index contributed by atoms with van der Waals surface area (Å²) < 4.78 is 43.7. The first-order chi connectivity index (χ1) is 11.6. The second-order valence-corrected chi connectivity index (χ2v) is 6.60. The zero-order valence-corrected chi connectivity index (χ0v) is 13.6. The molecule has 0 radical (unpaired) electrons. The van der Waals surface area contributed by atoms with Crippen molar-refractivity contribution in [3.05, 3.63) is 47.4 Å². The lowest BCUT2D eigenvalue weighted by Crippen LogP contribution is -2.52. The van der Waals surface area contributed by atoms with Crippen molar-refractivity contribution in [3.8, 4) is 0 Å². The average Bonchev–Trinajstić information content (AvgIpc) is 2.95. The molecule has 1 aromatic carbocycles. The lowest BCUT2D eigenvalue weighted by atomic mass is 10.0. The van der Waals surface area contributed by atoms with Gasteiger partial charge in [0.15, 0.2) is 5.78 Å². The molecule has 132 valence electrons. The van der Waals surface area contributed by atoms with Crippen LogP contribution in [-0.4, -0.2) is 28.6 Å². The van der Waals surface area contributed by atoms with E-state index in [2.05, 4.69) is 0 Å². The molecule has 0 bridgehead atoms. The Morgan fingerprint density at radius 2 is 2.04 bits per heavy atom. The van der Waals surface area contributed by atoms with Crippen LogP contribution in [0.5, 0.6) is 0 Å². The molecule has 1 aliphatic heterocycles. The molecule has 2 aromatic rings. The van der Waals surface area contributed by atoms with E-state index < -0.39 is 23.5 Å². The van der Waals surface area contributed by atoms with Gasteiger partial charge in [-0.3, -0.25) is 9.59 Å². The van der Waals surface area contributed by atoms with Crippen molar-refractivity contribution in [2.45, 2.75) is 29.3 Å². The van der Waals surface area contributed by atoms with Gasteiger partial charge in [0.1, 0.15) is 5.76 Å². The van der Waals surface area contributed by atoms with Crippen molar-refractivity contribution in [2.75, 3.05) is 5.32 Å². The third-order valence-corrected chi connectivity index (χ3v) is 4.90. The fraction of sp³-hybridized carbons (Fsp3) is 0.250. The summed E-state index contributed by atoms with van der Waals surface area (Å²) in [5.41, 5.74) is -3.33. The summed E-state index contributed by atoms with van der Waals surface area (Å²) in [6, 6.07) is 5.91. The molecule has 1 atom stereocenters. The number of carbonyl (C=O) groups excluding carboxylic acids is 2. The maximum absolute atomic E-state index is 12.8. The number of fused-ring (bicyclic) bond motifs is 2. The SMILES string of the molecule is CC(O)(C(=O)Nc1cccc2c1C(=O)c1ccoc1CS2)C(F)(F)F. The van der Waals surface area contributed by atoms with E-state index in [9.17, 15) is 27.9 Å². The number of alkyl halides is 3. The van der Waals surface area contributed by atoms with E-state index in [1.54, 1.807) is 6.07 Å². The van der Waals surface area contributed by atoms with Gasteiger partial charge in [-0.1, -0.05) is 6.07 Å². The summed E-state index contributed by atoms with van der Waals surface area (Å²) in [6.07, 6.45) is -3.80. The van der Waals surface area contributed by atoms with Gasteiger partial charge in [-0.15, -0.1) is 11.8 Å². The van der Waals surface area contributed by atoms with Gasteiger partial charge in [0, 0.05) is 4.90 Å². The number of hydrogen-bond acceptors (Lipinski definition) is 5. The molecule has 1 unspecified atom stereocenters. The van der Waals surface area contributed by atoms with Crippen LogP contribution < -0.4 is 5.32 Å². The summed E-state index contributed by atoms with van der Waals surface area (Å²) in [7, 11) is 0. The molecule has 2 N–H and O–H groups in total. The summed E-state index contributed by atoms with van der Waals surface area (Å²) in [5, 5.41) is 11.5. The highest BCUT2D eigenvalue weighted by Gasteiger charge is 2.56. The molecule has 0 saturated carbocycles. The van der Waals surface area contributed by atoms with E-state index in [4.69, 9.17) is 4.42 Å². The Morgan fingerprint density at radius 1 is 1.32 bits per heavy atom. The number of rotatable bonds is 2. The lowest BCUT2D eigenvalue weighted by molar-refractivity contribution is -0.242. The predicted molar refractivity (Wildman–Crippen MR) is 83.5 cm³/mol. The number of anilines is 1. The first kappa shape index (κ1) is 17.6. The Labute approximate surface area is 144 Å². The Morgan fingerprint density at radius 3 is 2.72 bits per heavy atom. The van der Waals surface area contributed by atoms with Gasteiger partial charge in [0.2, 0.25) is 5.60 Å². The Balaban J connectivity index is 2.01. The monoisotopic (exact) mass is 371 g/mol. The van der Waals surface area contributed by atoms with E-state index in [1.165, 1.54) is 36.2 Å². The van der Waals surface area contributed by atoms with Crippen molar-refractivity contribution >= 4 is 29.1 Å². The number of hydrogen-bond donors (Lipinski definition) is 2. The maximum atomic E-state index is 12.8. The number of amides is 1. The van der Waals surface area contributed by atoms with Crippen LogP contribution in [0.2, 0.25) is 0 Å². The largest absolute Gasteiger partial charge is 0.468 e. The van der Waals surface area contributed by atoms with Crippen LogP contribution in [0.25, 0.3) is 0 Å².